The lowest BCUT2D eigenvalue weighted by molar-refractivity contribution is 0.593. The molecule has 0 saturated heterocycles. The van der Waals surface area contributed by atoms with Gasteiger partial charge in [0.25, 0.3) is 0 Å². The number of hydrogen-bond donors (Lipinski definition) is 1. The number of rotatable bonds is 4. The zero-order valence-corrected chi connectivity index (χ0v) is 13.7. The normalized spacial score (nSPS) is 12.5. The van der Waals surface area contributed by atoms with Crippen LogP contribution in [0.25, 0.3) is 11.1 Å². The maximum atomic E-state index is 14.2. The van der Waals surface area contributed by atoms with Crippen molar-refractivity contribution in [1.82, 2.24) is 5.32 Å². The third kappa shape index (κ3) is 3.45. The van der Waals surface area contributed by atoms with Crippen LogP contribution in [0.4, 0.5) is 4.39 Å². The largest absolute Gasteiger partial charge is 0.310 e. The fourth-order valence-electron chi connectivity index (χ4n) is 2.43. The van der Waals surface area contributed by atoms with Crippen molar-refractivity contribution in [2.45, 2.75) is 33.7 Å². The topological polar surface area (TPSA) is 12.0 Å². The molecule has 0 heterocycles. The summed E-state index contributed by atoms with van der Waals surface area (Å²) in [4.78, 5) is 0. The predicted molar refractivity (Wildman–Crippen MR) is 88.4 cm³/mol. The first-order valence-electron chi connectivity index (χ1n) is 7.24. The van der Waals surface area contributed by atoms with E-state index < -0.39 is 0 Å². The van der Waals surface area contributed by atoms with Crippen LogP contribution in [0.15, 0.2) is 30.3 Å². The maximum absolute atomic E-state index is 14.2. The first-order chi connectivity index (χ1) is 9.93. The standard InChI is InChI=1S/C18H21ClFN/c1-5-21-13(4)14-6-7-18(20)16(10-14)15-8-11(2)12(3)9-17(15)19/h6-10,13,21H,5H2,1-4H3. The Labute approximate surface area is 131 Å². The summed E-state index contributed by atoms with van der Waals surface area (Å²) in [5.41, 5.74) is 4.59. The lowest BCUT2D eigenvalue weighted by atomic mass is 9.96. The molecule has 0 aliphatic heterocycles. The van der Waals surface area contributed by atoms with Crippen LogP contribution in [0.1, 0.15) is 36.6 Å². The van der Waals surface area contributed by atoms with Crippen molar-refractivity contribution in [2.24, 2.45) is 0 Å². The van der Waals surface area contributed by atoms with Crippen LogP contribution in [0, 0.1) is 19.7 Å². The van der Waals surface area contributed by atoms with E-state index in [1.165, 1.54) is 6.07 Å². The van der Waals surface area contributed by atoms with Crippen LogP contribution in [0.3, 0.4) is 0 Å². The third-order valence-electron chi connectivity index (χ3n) is 3.87. The van der Waals surface area contributed by atoms with Crippen molar-refractivity contribution in [1.29, 1.82) is 0 Å². The van der Waals surface area contributed by atoms with E-state index in [1.807, 2.05) is 38.1 Å². The first-order valence-corrected chi connectivity index (χ1v) is 7.61. The molecule has 0 fully saturated rings. The average Bonchev–Trinajstić information content (AvgIpc) is 2.44. The van der Waals surface area contributed by atoms with Crippen molar-refractivity contribution in [2.75, 3.05) is 6.54 Å². The Morgan fingerprint density at radius 3 is 2.43 bits per heavy atom. The summed E-state index contributed by atoms with van der Waals surface area (Å²) in [6, 6.07) is 9.26. The highest BCUT2D eigenvalue weighted by atomic mass is 35.5. The molecule has 0 bridgehead atoms. The van der Waals surface area contributed by atoms with Crippen LogP contribution in [-0.2, 0) is 0 Å². The summed E-state index contributed by atoms with van der Waals surface area (Å²) >= 11 is 6.32. The molecule has 112 valence electrons. The number of halogens is 2. The van der Waals surface area contributed by atoms with Gasteiger partial charge in [-0.3, -0.25) is 0 Å². The Morgan fingerprint density at radius 2 is 1.76 bits per heavy atom. The predicted octanol–water partition coefficient (Wildman–Crippen LogP) is 5.43. The molecule has 0 saturated carbocycles. The molecule has 1 atom stereocenters. The Hall–Kier alpha value is -1.38. The highest BCUT2D eigenvalue weighted by molar-refractivity contribution is 6.33. The molecule has 1 unspecified atom stereocenters. The second kappa shape index (κ2) is 6.59. The molecule has 2 aromatic rings. The number of benzene rings is 2. The highest BCUT2D eigenvalue weighted by Crippen LogP contribution is 2.33. The van der Waals surface area contributed by atoms with Gasteiger partial charge in [0.05, 0.1) is 0 Å². The van der Waals surface area contributed by atoms with E-state index >= 15 is 0 Å². The third-order valence-corrected chi connectivity index (χ3v) is 4.19. The number of aryl methyl sites for hydroxylation is 2. The van der Waals surface area contributed by atoms with Gasteiger partial charge in [0.15, 0.2) is 0 Å². The van der Waals surface area contributed by atoms with E-state index in [0.717, 1.165) is 28.8 Å². The molecule has 21 heavy (non-hydrogen) atoms. The van der Waals surface area contributed by atoms with Crippen molar-refractivity contribution in [3.05, 3.63) is 57.9 Å². The maximum Gasteiger partial charge on any atom is 0.131 e. The van der Waals surface area contributed by atoms with E-state index in [9.17, 15) is 4.39 Å². The summed E-state index contributed by atoms with van der Waals surface area (Å²) < 4.78 is 14.2. The fraction of sp³-hybridized carbons (Fsp3) is 0.333. The minimum absolute atomic E-state index is 0.180. The Morgan fingerprint density at radius 1 is 1.10 bits per heavy atom. The van der Waals surface area contributed by atoms with Gasteiger partial charge in [0, 0.05) is 22.2 Å². The van der Waals surface area contributed by atoms with Gasteiger partial charge in [-0.25, -0.2) is 4.39 Å². The van der Waals surface area contributed by atoms with Gasteiger partial charge in [-0.15, -0.1) is 0 Å². The smallest absolute Gasteiger partial charge is 0.131 e. The monoisotopic (exact) mass is 305 g/mol. The number of nitrogens with one attached hydrogen (secondary N) is 1. The summed E-state index contributed by atoms with van der Waals surface area (Å²) in [6.45, 7) is 9.02. The Kier molecular flexibility index (Phi) is 5.02. The fourth-order valence-corrected chi connectivity index (χ4v) is 2.75. The molecular weight excluding hydrogens is 285 g/mol. The molecule has 0 spiro atoms. The van der Waals surface area contributed by atoms with E-state index in [0.29, 0.717) is 10.6 Å². The molecule has 0 radical (unpaired) electrons. The summed E-state index contributed by atoms with van der Waals surface area (Å²) in [7, 11) is 0. The number of hydrogen-bond acceptors (Lipinski definition) is 1. The van der Waals surface area contributed by atoms with Crippen LogP contribution in [-0.4, -0.2) is 6.54 Å². The van der Waals surface area contributed by atoms with Gasteiger partial charge in [-0.05, 0) is 68.3 Å². The van der Waals surface area contributed by atoms with Crippen LogP contribution >= 0.6 is 11.6 Å². The quantitative estimate of drug-likeness (QED) is 0.794. The van der Waals surface area contributed by atoms with Crippen molar-refractivity contribution < 1.29 is 4.39 Å². The minimum Gasteiger partial charge on any atom is -0.310 e. The Bertz CT molecular complexity index is 652. The second-order valence-corrected chi connectivity index (χ2v) is 5.84. The van der Waals surface area contributed by atoms with Gasteiger partial charge >= 0.3 is 0 Å². The van der Waals surface area contributed by atoms with Crippen molar-refractivity contribution in [3.63, 3.8) is 0 Å². The summed E-state index contributed by atoms with van der Waals surface area (Å²) in [5.74, 6) is -0.243. The molecule has 0 aliphatic carbocycles. The van der Waals surface area contributed by atoms with Gasteiger partial charge < -0.3 is 5.32 Å². The molecule has 0 aromatic heterocycles. The van der Waals surface area contributed by atoms with Gasteiger partial charge in [0.2, 0.25) is 0 Å². The lowest BCUT2D eigenvalue weighted by Gasteiger charge is -2.16. The van der Waals surface area contributed by atoms with Gasteiger partial charge in [-0.2, -0.15) is 0 Å². The molecule has 1 N–H and O–H groups in total. The molecular formula is C18H21ClFN. The van der Waals surface area contributed by atoms with Gasteiger partial charge in [0.1, 0.15) is 5.82 Å². The van der Waals surface area contributed by atoms with E-state index in [-0.39, 0.29) is 11.9 Å². The molecule has 1 nitrogen and oxygen atoms in total. The molecule has 0 aliphatic rings. The lowest BCUT2D eigenvalue weighted by Crippen LogP contribution is -2.17. The van der Waals surface area contributed by atoms with E-state index in [4.69, 9.17) is 11.6 Å². The van der Waals surface area contributed by atoms with Crippen molar-refractivity contribution in [3.8, 4) is 11.1 Å². The zero-order chi connectivity index (χ0) is 15.6. The van der Waals surface area contributed by atoms with Crippen LogP contribution < -0.4 is 5.32 Å². The molecule has 2 rings (SSSR count). The minimum atomic E-state index is -0.243. The van der Waals surface area contributed by atoms with Gasteiger partial charge in [-0.1, -0.05) is 24.6 Å². The summed E-state index contributed by atoms with van der Waals surface area (Å²) in [6.07, 6.45) is 0. The molecule has 3 heteroatoms. The zero-order valence-electron chi connectivity index (χ0n) is 12.9. The molecule has 2 aromatic carbocycles. The van der Waals surface area contributed by atoms with E-state index in [1.54, 1.807) is 0 Å². The van der Waals surface area contributed by atoms with Crippen LogP contribution in [0.5, 0.6) is 0 Å². The summed E-state index contributed by atoms with van der Waals surface area (Å²) in [5, 5.41) is 3.93. The average molecular weight is 306 g/mol. The van der Waals surface area contributed by atoms with Crippen LogP contribution in [0.2, 0.25) is 5.02 Å². The highest BCUT2D eigenvalue weighted by Gasteiger charge is 2.13. The first kappa shape index (κ1) is 16.0. The SMILES string of the molecule is CCNC(C)c1ccc(F)c(-c2cc(C)c(C)cc2Cl)c1. The van der Waals surface area contributed by atoms with E-state index in [2.05, 4.69) is 19.2 Å². The second-order valence-electron chi connectivity index (χ2n) is 5.43. The van der Waals surface area contributed by atoms with Crippen molar-refractivity contribution >= 4 is 11.6 Å². The Balaban J connectivity index is 2.53. The molecule has 0 amide bonds.